The second-order valence-corrected chi connectivity index (χ2v) is 11.0. The van der Waals surface area contributed by atoms with E-state index in [0.717, 1.165) is 23.2 Å². The largest absolute Gasteiger partial charge is 0.486 e. The summed E-state index contributed by atoms with van der Waals surface area (Å²) in [5, 5.41) is 14.3. The molecule has 212 valence electrons. The average molecular weight is 590 g/mol. The number of nitrogens with one attached hydrogen (secondary N) is 1. The summed E-state index contributed by atoms with van der Waals surface area (Å²) in [5.74, 6) is 1.42. The van der Waals surface area contributed by atoms with E-state index in [2.05, 4.69) is 32.9 Å². The molecule has 8 nitrogen and oxygen atoms in total. The number of ether oxygens (including phenoxy) is 2. The number of aromatic nitrogens is 3. The highest BCUT2D eigenvalue weighted by molar-refractivity contribution is 8.15. The van der Waals surface area contributed by atoms with Crippen molar-refractivity contribution in [2.24, 2.45) is 5.10 Å². The van der Waals surface area contributed by atoms with Gasteiger partial charge in [-0.05, 0) is 91.5 Å². The Hall–Kier alpha value is -3.82. The lowest BCUT2D eigenvalue weighted by Crippen LogP contribution is -2.17. The Morgan fingerprint density at radius 3 is 2.44 bits per heavy atom. The Kier molecular flexibility index (Phi) is 9.93. The number of hydrogen-bond donors (Lipinski definition) is 1. The van der Waals surface area contributed by atoms with Crippen LogP contribution in [0.15, 0.2) is 89.1 Å². The molecule has 0 aliphatic heterocycles. The summed E-state index contributed by atoms with van der Waals surface area (Å²) in [7, 11) is 0. The second-order valence-electron chi connectivity index (χ2n) is 9.62. The molecule has 5 rings (SSSR count). The number of halogens is 1. The van der Waals surface area contributed by atoms with Gasteiger partial charge in [-0.15, -0.1) is 10.2 Å². The van der Waals surface area contributed by atoms with E-state index in [9.17, 15) is 4.79 Å². The van der Waals surface area contributed by atoms with Crippen molar-refractivity contribution in [2.75, 3.05) is 12.0 Å². The van der Waals surface area contributed by atoms with Gasteiger partial charge in [0.25, 0.3) is 0 Å². The highest BCUT2D eigenvalue weighted by atomic mass is 35.5. The number of hydrogen-bond acceptors (Lipinski definition) is 8. The first-order valence-electron chi connectivity index (χ1n) is 13.8. The highest BCUT2D eigenvalue weighted by Gasteiger charge is 2.22. The molecule has 0 unspecified atom stereocenters. The topological polar surface area (TPSA) is 90.6 Å². The SMILES string of the molecule is CCOC(=O)C(=NNc1ccc(Cl)cc1)Sc1nnc(COc2ccc(C3CCCCC3)cc2)n1-c1ccccc1. The molecule has 1 fully saturated rings. The fourth-order valence-electron chi connectivity index (χ4n) is 4.75. The van der Waals surface area contributed by atoms with Crippen LogP contribution in [0, 0.1) is 0 Å². The Morgan fingerprint density at radius 1 is 1.00 bits per heavy atom. The van der Waals surface area contributed by atoms with Crippen molar-refractivity contribution in [1.82, 2.24) is 14.8 Å². The third-order valence-electron chi connectivity index (χ3n) is 6.81. The molecule has 3 aromatic carbocycles. The smallest absolute Gasteiger partial charge is 0.365 e. The summed E-state index contributed by atoms with van der Waals surface area (Å²) >= 11 is 7.05. The monoisotopic (exact) mass is 589 g/mol. The van der Waals surface area contributed by atoms with Crippen LogP contribution in [-0.2, 0) is 16.1 Å². The molecule has 4 aromatic rings. The second kappa shape index (κ2) is 14.2. The van der Waals surface area contributed by atoms with Gasteiger partial charge >= 0.3 is 5.97 Å². The van der Waals surface area contributed by atoms with E-state index >= 15 is 0 Å². The van der Waals surface area contributed by atoms with Gasteiger partial charge in [0.2, 0.25) is 10.2 Å². The van der Waals surface area contributed by atoms with Crippen LogP contribution < -0.4 is 10.2 Å². The number of anilines is 1. The summed E-state index contributed by atoms with van der Waals surface area (Å²) < 4.78 is 13.3. The molecule has 1 heterocycles. The maximum Gasteiger partial charge on any atom is 0.365 e. The number of carbonyl (C=O) groups excluding carboxylic acids is 1. The summed E-state index contributed by atoms with van der Waals surface area (Å²) in [6.07, 6.45) is 6.46. The van der Waals surface area contributed by atoms with Gasteiger partial charge in [0.15, 0.2) is 5.82 Å². The van der Waals surface area contributed by atoms with Crippen molar-refractivity contribution >= 4 is 40.1 Å². The number of nitrogens with zero attached hydrogens (tertiary/aromatic N) is 4. The van der Waals surface area contributed by atoms with Crippen LogP contribution in [0.25, 0.3) is 5.69 Å². The van der Waals surface area contributed by atoms with E-state index in [-0.39, 0.29) is 18.3 Å². The summed E-state index contributed by atoms with van der Waals surface area (Å²) in [4.78, 5) is 12.8. The number of thioether (sulfide) groups is 1. The van der Waals surface area contributed by atoms with Gasteiger partial charge in [0.05, 0.1) is 12.3 Å². The molecule has 1 saturated carbocycles. The first-order valence-corrected chi connectivity index (χ1v) is 15.0. The minimum atomic E-state index is -0.572. The van der Waals surface area contributed by atoms with Crippen LogP contribution in [0.3, 0.4) is 0 Å². The molecule has 41 heavy (non-hydrogen) atoms. The van der Waals surface area contributed by atoms with Gasteiger partial charge in [0.1, 0.15) is 12.4 Å². The highest BCUT2D eigenvalue weighted by Crippen LogP contribution is 2.33. The van der Waals surface area contributed by atoms with E-state index < -0.39 is 5.97 Å². The summed E-state index contributed by atoms with van der Waals surface area (Å²) in [6.45, 7) is 2.15. The molecule has 0 bridgehead atoms. The van der Waals surface area contributed by atoms with E-state index in [1.165, 1.54) is 37.7 Å². The minimum Gasteiger partial charge on any atom is -0.486 e. The Morgan fingerprint density at radius 2 is 1.73 bits per heavy atom. The lowest BCUT2D eigenvalue weighted by atomic mass is 9.84. The Labute approximate surface area is 249 Å². The van der Waals surface area contributed by atoms with Crippen molar-refractivity contribution in [3.05, 3.63) is 95.3 Å². The average Bonchev–Trinajstić information content (AvgIpc) is 3.42. The van der Waals surface area contributed by atoms with Crippen molar-refractivity contribution in [1.29, 1.82) is 0 Å². The molecule has 0 amide bonds. The van der Waals surface area contributed by atoms with Crippen molar-refractivity contribution in [3.63, 3.8) is 0 Å². The first kappa shape index (κ1) is 28.7. The molecule has 1 aliphatic rings. The maximum atomic E-state index is 12.8. The van der Waals surface area contributed by atoms with Crippen LogP contribution in [0.1, 0.15) is 56.3 Å². The zero-order chi connectivity index (χ0) is 28.4. The zero-order valence-corrected chi connectivity index (χ0v) is 24.4. The Balaban J connectivity index is 1.36. The predicted octanol–water partition coefficient (Wildman–Crippen LogP) is 7.63. The number of benzene rings is 3. The van der Waals surface area contributed by atoms with E-state index in [1.807, 2.05) is 47.0 Å². The van der Waals surface area contributed by atoms with Gasteiger partial charge in [0, 0.05) is 10.7 Å². The third kappa shape index (κ3) is 7.68. The van der Waals surface area contributed by atoms with E-state index in [0.29, 0.717) is 27.6 Å². The van der Waals surface area contributed by atoms with Crippen molar-refractivity contribution in [3.8, 4) is 11.4 Å². The van der Waals surface area contributed by atoms with Crippen LogP contribution in [0.2, 0.25) is 5.02 Å². The van der Waals surface area contributed by atoms with Gasteiger partial charge in [-0.3, -0.25) is 9.99 Å². The molecule has 0 spiro atoms. The molecular weight excluding hydrogens is 558 g/mol. The van der Waals surface area contributed by atoms with E-state index in [1.54, 1.807) is 31.2 Å². The molecule has 0 radical (unpaired) electrons. The summed E-state index contributed by atoms with van der Waals surface area (Å²) in [6, 6.07) is 25.1. The number of para-hydroxylation sites is 1. The normalized spacial score (nSPS) is 14.0. The zero-order valence-electron chi connectivity index (χ0n) is 22.8. The molecule has 1 aromatic heterocycles. The van der Waals surface area contributed by atoms with Gasteiger partial charge in [-0.1, -0.05) is 61.2 Å². The molecule has 1 N–H and O–H groups in total. The molecule has 0 atom stereocenters. The van der Waals surface area contributed by atoms with Crippen LogP contribution in [0.4, 0.5) is 5.69 Å². The molecule has 10 heteroatoms. The number of hydrazone groups is 1. The predicted molar refractivity (Wildman–Crippen MR) is 163 cm³/mol. The lowest BCUT2D eigenvalue weighted by Gasteiger charge is -2.22. The first-order chi connectivity index (χ1) is 20.1. The Bertz CT molecular complexity index is 1450. The van der Waals surface area contributed by atoms with Crippen LogP contribution in [0.5, 0.6) is 5.75 Å². The fraction of sp³-hybridized carbons (Fsp3) is 0.290. The van der Waals surface area contributed by atoms with Gasteiger partial charge in [-0.2, -0.15) is 5.10 Å². The molecular formula is C31H32ClN5O3S. The van der Waals surface area contributed by atoms with Crippen molar-refractivity contribution in [2.45, 2.75) is 56.7 Å². The van der Waals surface area contributed by atoms with E-state index in [4.69, 9.17) is 21.1 Å². The van der Waals surface area contributed by atoms with Crippen LogP contribution >= 0.6 is 23.4 Å². The van der Waals surface area contributed by atoms with Crippen molar-refractivity contribution < 1.29 is 14.3 Å². The quantitative estimate of drug-likeness (QED) is 0.0705. The molecule has 0 saturated heterocycles. The van der Waals surface area contributed by atoms with Gasteiger partial charge < -0.3 is 9.47 Å². The lowest BCUT2D eigenvalue weighted by molar-refractivity contribution is -0.134. The number of esters is 1. The maximum absolute atomic E-state index is 12.8. The van der Waals surface area contributed by atoms with Gasteiger partial charge in [-0.25, -0.2) is 4.79 Å². The standard InChI is InChI=1S/C31H32ClN5O3S/c1-2-39-30(38)29(35-33-25-17-15-24(32)16-18-25)41-31-36-34-28(37(31)26-11-7-4-8-12-26)21-40-27-19-13-23(14-20-27)22-9-5-3-6-10-22/h4,7-8,11-20,22,33H,2-3,5-6,9-10,21H2,1H3. The molecule has 1 aliphatic carbocycles. The summed E-state index contributed by atoms with van der Waals surface area (Å²) in [5.41, 5.74) is 5.78. The number of rotatable bonds is 9. The fourth-order valence-corrected chi connectivity index (χ4v) is 5.66. The minimum absolute atomic E-state index is 0.0807. The number of carbonyl (C=O) groups is 1. The third-order valence-corrected chi connectivity index (χ3v) is 7.96. The van der Waals surface area contributed by atoms with Crippen LogP contribution in [-0.4, -0.2) is 32.4 Å².